The molecule has 1 rings (SSSR count). The second-order valence-corrected chi connectivity index (χ2v) is 2.97. The average Bonchev–Trinajstić information content (AvgIpc) is 2.27. The molecule has 78 valence electrons. The van der Waals surface area contributed by atoms with Gasteiger partial charge in [-0.25, -0.2) is 0 Å². The van der Waals surface area contributed by atoms with Gasteiger partial charge in [0, 0.05) is 0 Å². The lowest BCUT2D eigenvalue weighted by atomic mass is 10.1. The topological polar surface area (TPSA) is 18.5 Å². The summed E-state index contributed by atoms with van der Waals surface area (Å²) in [4.78, 5) is 0. The first-order valence-corrected chi connectivity index (χ1v) is 4.66. The fraction of sp³-hybridized carbons (Fsp3) is 0.231. The molecule has 0 heterocycles. The molecule has 0 fully saturated rings. The highest BCUT2D eigenvalue weighted by Gasteiger charge is 2.04. The predicted octanol–water partition coefficient (Wildman–Crippen LogP) is 2.44. The van der Waals surface area contributed by atoms with Crippen LogP contribution in [0.4, 0.5) is 0 Å². The number of terminal acetylenes is 1. The van der Waals surface area contributed by atoms with Gasteiger partial charge in [-0.2, -0.15) is 0 Å². The third kappa shape index (κ3) is 3.07. The molecule has 0 atom stereocenters. The zero-order valence-corrected chi connectivity index (χ0v) is 8.82. The fourth-order valence-corrected chi connectivity index (χ4v) is 1.24. The van der Waals surface area contributed by atoms with Gasteiger partial charge in [0.2, 0.25) is 0 Å². The van der Waals surface area contributed by atoms with Crippen LogP contribution in [0.5, 0.6) is 11.5 Å². The van der Waals surface area contributed by atoms with Gasteiger partial charge in [-0.15, -0.1) is 13.0 Å². The Balaban J connectivity index is 2.88. The molecule has 0 aliphatic heterocycles. The Bertz CT molecular complexity index is 375. The van der Waals surface area contributed by atoms with Crippen LogP contribution in [0.15, 0.2) is 30.9 Å². The highest BCUT2D eigenvalue weighted by Crippen LogP contribution is 2.28. The first-order chi connectivity index (χ1) is 7.31. The molecule has 0 aromatic heterocycles. The summed E-state index contributed by atoms with van der Waals surface area (Å²) in [5, 5.41) is 0. The molecule has 1 aromatic rings. The molecular formula is C13H14O2. The van der Waals surface area contributed by atoms with E-state index in [0.717, 1.165) is 12.0 Å². The molecule has 0 radical (unpaired) electrons. The van der Waals surface area contributed by atoms with Gasteiger partial charge in [0.25, 0.3) is 0 Å². The van der Waals surface area contributed by atoms with Crippen LogP contribution in [0, 0.1) is 12.3 Å². The van der Waals surface area contributed by atoms with Crippen LogP contribution in [0.1, 0.15) is 5.56 Å². The van der Waals surface area contributed by atoms with E-state index in [0.29, 0.717) is 11.5 Å². The van der Waals surface area contributed by atoms with E-state index in [1.165, 1.54) is 0 Å². The summed E-state index contributed by atoms with van der Waals surface area (Å²) < 4.78 is 10.5. The number of ether oxygens (including phenoxy) is 2. The Labute approximate surface area is 90.5 Å². The lowest BCUT2D eigenvalue weighted by Gasteiger charge is -2.09. The van der Waals surface area contributed by atoms with E-state index in [-0.39, 0.29) is 6.61 Å². The fourth-order valence-electron chi connectivity index (χ4n) is 1.24. The molecule has 1 aromatic carbocycles. The van der Waals surface area contributed by atoms with Crippen molar-refractivity contribution in [1.29, 1.82) is 0 Å². The highest BCUT2D eigenvalue weighted by molar-refractivity contribution is 5.43. The second-order valence-electron chi connectivity index (χ2n) is 2.97. The van der Waals surface area contributed by atoms with E-state index in [1.54, 1.807) is 7.11 Å². The lowest BCUT2D eigenvalue weighted by Crippen LogP contribution is -1.97. The quantitative estimate of drug-likeness (QED) is 0.539. The Kier molecular flexibility index (Phi) is 4.30. The first-order valence-electron chi connectivity index (χ1n) is 4.66. The molecular weight excluding hydrogens is 188 g/mol. The molecule has 0 bridgehead atoms. The normalized spacial score (nSPS) is 9.07. The van der Waals surface area contributed by atoms with Crippen LogP contribution in [-0.2, 0) is 6.42 Å². The van der Waals surface area contributed by atoms with Crippen LogP contribution in [0.25, 0.3) is 0 Å². The van der Waals surface area contributed by atoms with E-state index >= 15 is 0 Å². The van der Waals surface area contributed by atoms with Crippen molar-refractivity contribution in [3.63, 3.8) is 0 Å². The molecule has 0 aliphatic rings. The van der Waals surface area contributed by atoms with Gasteiger partial charge in [0.1, 0.15) is 6.61 Å². The SMILES string of the molecule is C#CCOc1ccc(CC=C)cc1OC. The minimum atomic E-state index is 0.247. The Morgan fingerprint density at radius 2 is 2.27 bits per heavy atom. The van der Waals surface area contributed by atoms with Crippen molar-refractivity contribution in [3.05, 3.63) is 36.4 Å². The average molecular weight is 202 g/mol. The molecule has 0 unspecified atom stereocenters. The highest BCUT2D eigenvalue weighted by atomic mass is 16.5. The summed E-state index contributed by atoms with van der Waals surface area (Å²) in [7, 11) is 1.61. The van der Waals surface area contributed by atoms with E-state index in [2.05, 4.69) is 12.5 Å². The van der Waals surface area contributed by atoms with E-state index in [9.17, 15) is 0 Å². The summed E-state index contributed by atoms with van der Waals surface area (Å²) in [5.74, 6) is 3.78. The minimum Gasteiger partial charge on any atom is -0.493 e. The predicted molar refractivity (Wildman–Crippen MR) is 61.2 cm³/mol. The van der Waals surface area contributed by atoms with Crippen molar-refractivity contribution in [2.75, 3.05) is 13.7 Å². The Morgan fingerprint density at radius 1 is 1.47 bits per heavy atom. The van der Waals surface area contributed by atoms with Crippen LogP contribution in [0.3, 0.4) is 0 Å². The van der Waals surface area contributed by atoms with Crippen LogP contribution >= 0.6 is 0 Å². The summed E-state index contributed by atoms with van der Waals surface area (Å²) in [6.45, 7) is 3.93. The van der Waals surface area contributed by atoms with Crippen LogP contribution in [-0.4, -0.2) is 13.7 Å². The van der Waals surface area contributed by atoms with Gasteiger partial charge in [-0.1, -0.05) is 18.1 Å². The minimum absolute atomic E-state index is 0.247. The first kappa shape index (κ1) is 11.2. The third-order valence-corrected chi connectivity index (χ3v) is 1.92. The standard InChI is InChI=1S/C13H14O2/c1-4-6-11-7-8-12(15-9-5-2)13(10-11)14-3/h2,4,7-8,10H,1,6,9H2,3H3. The number of hydrogen-bond acceptors (Lipinski definition) is 2. The number of methoxy groups -OCH3 is 1. The molecule has 0 saturated heterocycles. The van der Waals surface area contributed by atoms with Crippen LogP contribution in [0.2, 0.25) is 0 Å². The smallest absolute Gasteiger partial charge is 0.162 e. The molecule has 0 spiro atoms. The molecule has 0 amide bonds. The van der Waals surface area contributed by atoms with Crippen molar-refractivity contribution in [3.8, 4) is 23.8 Å². The van der Waals surface area contributed by atoms with Gasteiger partial charge < -0.3 is 9.47 Å². The number of rotatable bonds is 5. The van der Waals surface area contributed by atoms with Gasteiger partial charge in [0.05, 0.1) is 7.11 Å². The maximum absolute atomic E-state index is 5.32. The van der Waals surface area contributed by atoms with E-state index < -0.39 is 0 Å². The van der Waals surface area contributed by atoms with Gasteiger partial charge in [-0.3, -0.25) is 0 Å². The Hall–Kier alpha value is -1.88. The molecule has 0 aliphatic carbocycles. The summed E-state index contributed by atoms with van der Waals surface area (Å²) >= 11 is 0. The molecule has 0 N–H and O–H groups in total. The summed E-state index contributed by atoms with van der Waals surface area (Å²) in [6, 6.07) is 5.75. The van der Waals surface area contributed by atoms with E-state index in [1.807, 2.05) is 24.3 Å². The molecule has 0 saturated carbocycles. The zero-order valence-electron chi connectivity index (χ0n) is 8.82. The maximum Gasteiger partial charge on any atom is 0.162 e. The van der Waals surface area contributed by atoms with E-state index in [4.69, 9.17) is 15.9 Å². The maximum atomic E-state index is 5.32. The number of allylic oxidation sites excluding steroid dienone is 1. The van der Waals surface area contributed by atoms with Gasteiger partial charge in [0.15, 0.2) is 11.5 Å². The third-order valence-electron chi connectivity index (χ3n) is 1.92. The van der Waals surface area contributed by atoms with Crippen LogP contribution < -0.4 is 9.47 Å². The molecule has 2 heteroatoms. The van der Waals surface area contributed by atoms with Crippen molar-refractivity contribution >= 4 is 0 Å². The van der Waals surface area contributed by atoms with Crippen molar-refractivity contribution in [1.82, 2.24) is 0 Å². The Morgan fingerprint density at radius 3 is 2.87 bits per heavy atom. The lowest BCUT2D eigenvalue weighted by molar-refractivity contribution is 0.330. The van der Waals surface area contributed by atoms with Crippen molar-refractivity contribution in [2.45, 2.75) is 6.42 Å². The summed E-state index contributed by atoms with van der Waals surface area (Å²) in [5.41, 5.74) is 1.13. The van der Waals surface area contributed by atoms with Crippen molar-refractivity contribution in [2.24, 2.45) is 0 Å². The molecule has 15 heavy (non-hydrogen) atoms. The second kappa shape index (κ2) is 5.77. The van der Waals surface area contributed by atoms with Gasteiger partial charge in [-0.05, 0) is 24.1 Å². The van der Waals surface area contributed by atoms with Gasteiger partial charge >= 0.3 is 0 Å². The monoisotopic (exact) mass is 202 g/mol. The largest absolute Gasteiger partial charge is 0.493 e. The number of benzene rings is 1. The molecule has 2 nitrogen and oxygen atoms in total. The zero-order chi connectivity index (χ0) is 11.1. The van der Waals surface area contributed by atoms with Crippen molar-refractivity contribution < 1.29 is 9.47 Å². The number of hydrogen-bond donors (Lipinski definition) is 0. The summed E-state index contributed by atoms with van der Waals surface area (Å²) in [6.07, 6.45) is 7.77.